The number of ether oxygens (including phenoxy) is 2. The predicted octanol–water partition coefficient (Wildman–Crippen LogP) is 5.38. The Labute approximate surface area is 246 Å². The van der Waals surface area contributed by atoms with E-state index in [4.69, 9.17) is 19.4 Å². The minimum atomic E-state index is -0.940. The van der Waals surface area contributed by atoms with Crippen LogP contribution in [0.2, 0.25) is 0 Å². The largest absolute Gasteiger partial charge is 0.478 e. The summed E-state index contributed by atoms with van der Waals surface area (Å²) < 4.78 is 28.3. The van der Waals surface area contributed by atoms with E-state index in [0.29, 0.717) is 30.5 Å². The van der Waals surface area contributed by atoms with Gasteiger partial charge in [0.25, 0.3) is 0 Å². The molecule has 2 saturated heterocycles. The molecule has 220 valence electrons. The summed E-state index contributed by atoms with van der Waals surface area (Å²) in [6, 6.07) is 16.4. The van der Waals surface area contributed by atoms with Crippen LogP contribution in [0.25, 0.3) is 11.0 Å². The van der Waals surface area contributed by atoms with E-state index in [1.54, 1.807) is 24.3 Å². The van der Waals surface area contributed by atoms with Crippen molar-refractivity contribution in [3.8, 4) is 5.88 Å². The number of piperidine rings is 1. The molecule has 2 aromatic carbocycles. The predicted molar refractivity (Wildman–Crippen MR) is 162 cm³/mol. The van der Waals surface area contributed by atoms with Crippen LogP contribution in [0.4, 0.5) is 4.39 Å². The van der Waals surface area contributed by atoms with E-state index in [0.717, 1.165) is 66.8 Å². The first-order chi connectivity index (χ1) is 20.3. The zero-order chi connectivity index (χ0) is 29.2. The molecule has 0 amide bonds. The maximum atomic E-state index is 14.6. The summed E-state index contributed by atoms with van der Waals surface area (Å²) in [5, 5.41) is 10.5. The minimum Gasteiger partial charge on any atom is -0.478 e. The van der Waals surface area contributed by atoms with Gasteiger partial charge in [0.05, 0.1) is 35.8 Å². The number of nitrogens with zero attached hydrogens (tertiary/aromatic N) is 4. The average molecular weight is 591 g/mol. The van der Waals surface area contributed by atoms with E-state index in [-0.39, 0.29) is 32.0 Å². The SMILES string of the molecule is CP(C)c1ccc(COc2cccc(C3CCN(Cc4nc5ccc(C(=O)O)cc5n4C[C@@H]4CCO4)CC3)n2)c(F)c1. The van der Waals surface area contributed by atoms with Gasteiger partial charge in [0, 0.05) is 29.8 Å². The number of fused-ring (bicyclic) bond motifs is 1. The Balaban J connectivity index is 1.09. The van der Waals surface area contributed by atoms with Gasteiger partial charge >= 0.3 is 5.97 Å². The standard InChI is InChI=1S/C32H36FN4O4P/c1-42(2)25-8-6-23(26(33)17-25)20-41-31-5-3-4-27(35-31)21-10-13-36(14-11-21)19-30-34-28-9-7-22(32(38)39)16-29(28)37(30)18-24-12-15-40-24/h3-9,16-17,21,24H,10-15,18-20H2,1-2H3,(H,38,39)/t24-/m0/s1. The van der Waals surface area contributed by atoms with Crippen molar-refractivity contribution in [2.75, 3.05) is 33.0 Å². The summed E-state index contributed by atoms with van der Waals surface area (Å²) in [6.45, 7) is 8.30. The first kappa shape index (κ1) is 28.7. The van der Waals surface area contributed by atoms with Crippen molar-refractivity contribution < 1.29 is 23.8 Å². The summed E-state index contributed by atoms with van der Waals surface area (Å²) in [5.74, 6) is 0.589. The Kier molecular flexibility index (Phi) is 8.52. The number of rotatable bonds is 10. The number of hydrogen-bond acceptors (Lipinski definition) is 6. The Morgan fingerprint density at radius 3 is 2.60 bits per heavy atom. The number of imidazole rings is 1. The van der Waals surface area contributed by atoms with Gasteiger partial charge in [-0.25, -0.2) is 19.2 Å². The minimum absolute atomic E-state index is 0.137. The van der Waals surface area contributed by atoms with Crippen molar-refractivity contribution in [1.82, 2.24) is 19.4 Å². The smallest absolute Gasteiger partial charge is 0.335 e. The van der Waals surface area contributed by atoms with E-state index in [1.165, 1.54) is 0 Å². The third-order valence-electron chi connectivity index (χ3n) is 8.30. The lowest BCUT2D eigenvalue weighted by atomic mass is 9.93. The molecule has 1 atom stereocenters. The van der Waals surface area contributed by atoms with Crippen LogP contribution in [0.15, 0.2) is 54.6 Å². The molecule has 42 heavy (non-hydrogen) atoms. The van der Waals surface area contributed by atoms with Crippen LogP contribution in [0.3, 0.4) is 0 Å². The molecule has 2 aliphatic heterocycles. The summed E-state index contributed by atoms with van der Waals surface area (Å²) in [7, 11) is -0.345. The molecule has 6 rings (SSSR count). The van der Waals surface area contributed by atoms with Crippen molar-refractivity contribution in [1.29, 1.82) is 0 Å². The van der Waals surface area contributed by atoms with Gasteiger partial charge < -0.3 is 19.1 Å². The van der Waals surface area contributed by atoms with Gasteiger partial charge in [-0.2, -0.15) is 0 Å². The van der Waals surface area contributed by atoms with E-state index in [9.17, 15) is 14.3 Å². The topological polar surface area (TPSA) is 89.7 Å². The second kappa shape index (κ2) is 12.5. The van der Waals surface area contributed by atoms with Gasteiger partial charge in [-0.1, -0.05) is 26.1 Å². The number of aromatic nitrogens is 3. The molecular formula is C32H36FN4O4P. The number of carbonyl (C=O) groups is 1. The lowest BCUT2D eigenvalue weighted by Gasteiger charge is -2.32. The monoisotopic (exact) mass is 590 g/mol. The molecule has 8 nitrogen and oxygen atoms in total. The molecule has 2 aromatic heterocycles. The number of carboxylic acids is 1. The molecule has 0 unspecified atom stereocenters. The van der Waals surface area contributed by atoms with Gasteiger partial charge in [0.15, 0.2) is 0 Å². The molecule has 4 aromatic rings. The Bertz CT molecular complexity index is 1580. The van der Waals surface area contributed by atoms with E-state index in [1.807, 2.05) is 30.3 Å². The van der Waals surface area contributed by atoms with Gasteiger partial charge in [0.1, 0.15) is 18.2 Å². The fraction of sp³-hybridized carbons (Fsp3) is 0.406. The highest BCUT2D eigenvalue weighted by Gasteiger charge is 2.26. The van der Waals surface area contributed by atoms with Crippen LogP contribution in [-0.4, -0.2) is 69.6 Å². The molecule has 2 fully saturated rings. The first-order valence-corrected chi connectivity index (χ1v) is 16.7. The second-order valence-electron chi connectivity index (χ2n) is 11.3. The molecular weight excluding hydrogens is 554 g/mol. The van der Waals surface area contributed by atoms with Crippen molar-refractivity contribution in [3.63, 3.8) is 0 Å². The second-order valence-corrected chi connectivity index (χ2v) is 13.6. The Morgan fingerprint density at radius 1 is 1.10 bits per heavy atom. The van der Waals surface area contributed by atoms with Gasteiger partial charge in [-0.05, 0) is 81.3 Å². The number of likely N-dealkylation sites (tertiary alicyclic amines) is 1. The quantitative estimate of drug-likeness (QED) is 0.248. The third-order valence-corrected chi connectivity index (χ3v) is 9.61. The van der Waals surface area contributed by atoms with Gasteiger partial charge in [-0.3, -0.25) is 4.90 Å². The highest BCUT2D eigenvalue weighted by Crippen LogP contribution is 2.30. The zero-order valence-corrected chi connectivity index (χ0v) is 24.9. The number of benzene rings is 2. The molecule has 10 heteroatoms. The highest BCUT2D eigenvalue weighted by atomic mass is 31.1. The van der Waals surface area contributed by atoms with Crippen LogP contribution >= 0.6 is 7.92 Å². The lowest BCUT2D eigenvalue weighted by molar-refractivity contribution is -0.0592. The summed E-state index contributed by atoms with van der Waals surface area (Å²) >= 11 is 0. The maximum absolute atomic E-state index is 14.6. The number of halogens is 1. The summed E-state index contributed by atoms with van der Waals surface area (Å²) in [4.78, 5) is 23.7. The molecule has 0 radical (unpaired) electrons. The fourth-order valence-corrected chi connectivity index (χ4v) is 6.41. The summed E-state index contributed by atoms with van der Waals surface area (Å²) in [6.07, 6.45) is 3.05. The lowest BCUT2D eigenvalue weighted by Crippen LogP contribution is -2.35. The molecule has 0 saturated carbocycles. The summed E-state index contributed by atoms with van der Waals surface area (Å²) in [5.41, 5.74) is 3.44. The molecule has 2 aliphatic rings. The average Bonchev–Trinajstić information content (AvgIpc) is 3.30. The molecule has 0 spiro atoms. The Morgan fingerprint density at radius 2 is 1.90 bits per heavy atom. The first-order valence-electron chi connectivity index (χ1n) is 14.5. The fourth-order valence-electron chi connectivity index (χ4n) is 5.67. The zero-order valence-electron chi connectivity index (χ0n) is 24.0. The van der Waals surface area contributed by atoms with Crippen LogP contribution in [0, 0.1) is 5.82 Å². The number of pyridine rings is 1. The molecule has 0 aliphatic carbocycles. The van der Waals surface area contributed by atoms with E-state index >= 15 is 0 Å². The Hall–Kier alpha value is -3.39. The van der Waals surface area contributed by atoms with Gasteiger partial charge in [0.2, 0.25) is 5.88 Å². The molecule has 1 N–H and O–H groups in total. The van der Waals surface area contributed by atoms with Crippen LogP contribution in [0.5, 0.6) is 5.88 Å². The number of hydrogen-bond donors (Lipinski definition) is 1. The van der Waals surface area contributed by atoms with Crippen molar-refractivity contribution >= 4 is 30.2 Å². The van der Waals surface area contributed by atoms with Crippen LogP contribution < -0.4 is 10.0 Å². The van der Waals surface area contributed by atoms with Crippen molar-refractivity contribution in [2.45, 2.75) is 51.0 Å². The third kappa shape index (κ3) is 6.33. The van der Waals surface area contributed by atoms with Crippen LogP contribution in [0.1, 0.15) is 52.6 Å². The highest BCUT2D eigenvalue weighted by molar-refractivity contribution is 7.64. The van der Waals surface area contributed by atoms with Crippen LogP contribution in [-0.2, 0) is 24.4 Å². The molecule has 4 heterocycles. The van der Waals surface area contributed by atoms with E-state index < -0.39 is 5.97 Å². The van der Waals surface area contributed by atoms with E-state index in [2.05, 4.69) is 22.8 Å². The van der Waals surface area contributed by atoms with Crippen molar-refractivity contribution in [3.05, 3.63) is 83.1 Å². The van der Waals surface area contributed by atoms with Gasteiger partial charge in [-0.15, -0.1) is 0 Å². The maximum Gasteiger partial charge on any atom is 0.335 e. The van der Waals surface area contributed by atoms with Crippen molar-refractivity contribution in [2.24, 2.45) is 0 Å². The number of carboxylic acid groups (broad SMARTS) is 1. The number of aromatic carboxylic acids is 1. The molecule has 0 bridgehead atoms. The normalized spacial score (nSPS) is 18.0.